The van der Waals surface area contributed by atoms with E-state index in [0.29, 0.717) is 29.9 Å². The van der Waals surface area contributed by atoms with Crippen molar-refractivity contribution in [1.82, 2.24) is 34.5 Å². The maximum Gasteiger partial charge on any atom is 0.310 e. The van der Waals surface area contributed by atoms with Gasteiger partial charge in [-0.2, -0.15) is 0 Å². The summed E-state index contributed by atoms with van der Waals surface area (Å²) >= 11 is 0. The zero-order chi connectivity index (χ0) is 89.1. The van der Waals surface area contributed by atoms with Crippen molar-refractivity contribution in [1.29, 1.82) is 0 Å². The van der Waals surface area contributed by atoms with Crippen LogP contribution in [0.15, 0.2) is 128 Å². The molecule has 29 nitrogen and oxygen atoms in total. The average molecular weight is 1760 g/mol. The number of benzene rings is 10. The molecule has 0 amide bonds. The number of hydrogen-bond acceptors (Lipinski definition) is 25. The van der Waals surface area contributed by atoms with Crippen LogP contribution in [0, 0.1) is 44.2 Å². The molecule has 10 aliphatic heterocycles. The van der Waals surface area contributed by atoms with Gasteiger partial charge in [0.25, 0.3) is 11.4 Å². The van der Waals surface area contributed by atoms with Gasteiger partial charge in [0, 0.05) is 153 Å². The number of hydrogen-bond donors (Lipinski definition) is 4. The number of nitrogen functional groups attached to an aromatic ring is 2. The largest absolute Gasteiger partial charge is 0.502 e. The molecule has 11 aromatic rings. The van der Waals surface area contributed by atoms with Crippen LogP contribution in [0.2, 0.25) is 0 Å². The molecule has 0 fully saturated rings. The molecule has 30 heteroatoms. The fourth-order valence-electron chi connectivity index (χ4n) is 21.3. The smallest absolute Gasteiger partial charge is 0.310 e. The molecule has 0 saturated carbocycles. The number of anilines is 2. The molecule has 10 aromatic carbocycles. The van der Waals surface area contributed by atoms with Crippen molar-refractivity contribution in [2.75, 3.05) is 115 Å². The number of nitrogens with one attached hydrogen (secondary N) is 1. The third-order valence-electron chi connectivity index (χ3n) is 27.7. The predicted molar refractivity (Wildman–Crippen MR) is 490 cm³/mol. The molecule has 11 heterocycles. The van der Waals surface area contributed by atoms with Crippen molar-refractivity contribution in [2.24, 2.45) is 0 Å². The number of nitrogens with zero attached hydrogens (tertiary/aromatic N) is 9. The molecule has 0 saturated heterocycles. The number of aromatic nitrogens is 2. The normalized spacial score (nSPS) is 18.6. The second-order valence-corrected chi connectivity index (χ2v) is 34.0. The van der Waals surface area contributed by atoms with Gasteiger partial charge in [-0.25, -0.2) is 4.98 Å². The lowest BCUT2D eigenvalue weighted by molar-refractivity contribution is -0.386. The molecule has 6 N–H and O–H groups in total. The highest BCUT2D eigenvalue weighted by Gasteiger charge is 2.42. The van der Waals surface area contributed by atoms with Gasteiger partial charge in [0.05, 0.1) is 115 Å². The molecule has 0 bridgehead atoms. The monoisotopic (exact) mass is 1760 g/mol. The van der Waals surface area contributed by atoms with Crippen molar-refractivity contribution >= 4 is 51.9 Å². The third kappa shape index (κ3) is 16.4. The van der Waals surface area contributed by atoms with Gasteiger partial charge in [0.15, 0.2) is 63.2 Å². The van der Waals surface area contributed by atoms with Crippen LogP contribution in [0.4, 0.5) is 28.4 Å². The number of aromatic hydroxyl groups is 1. The maximum atomic E-state index is 11.3. The highest BCUT2D eigenvalue weighted by molar-refractivity contribution is 5.85. The Bertz CT molecular complexity index is 5810. The quantitative estimate of drug-likeness (QED) is 0.0473. The van der Waals surface area contributed by atoms with Gasteiger partial charge in [-0.1, -0.05) is 30.3 Å². The maximum absolute atomic E-state index is 11.3. The molecule has 21 rings (SSSR count). The van der Waals surface area contributed by atoms with Crippen LogP contribution in [0.3, 0.4) is 0 Å². The van der Waals surface area contributed by atoms with Gasteiger partial charge in [0.1, 0.15) is 0 Å². The molecular formula is C98H109ClN12O17. The van der Waals surface area contributed by atoms with Crippen LogP contribution in [0.1, 0.15) is 153 Å². The summed E-state index contributed by atoms with van der Waals surface area (Å²) in [5.41, 5.74) is 41.7. The van der Waals surface area contributed by atoms with Crippen molar-refractivity contribution in [2.45, 2.75) is 141 Å². The number of nitro benzene ring substituents is 3. The minimum atomic E-state index is -0.532. The molecule has 0 aliphatic carbocycles. The number of nitrogens with two attached hydrogens (primary N) is 2. The Labute approximate surface area is 749 Å². The number of nitro groups is 3. The van der Waals surface area contributed by atoms with E-state index in [-0.39, 0.29) is 63.2 Å². The van der Waals surface area contributed by atoms with E-state index in [1.165, 1.54) is 89.5 Å². The summed E-state index contributed by atoms with van der Waals surface area (Å²) in [4.78, 5) is 52.5. The van der Waals surface area contributed by atoms with Gasteiger partial charge < -0.3 is 68.9 Å². The van der Waals surface area contributed by atoms with Crippen LogP contribution < -0.4 is 58.8 Å². The second-order valence-electron chi connectivity index (χ2n) is 34.0. The van der Waals surface area contributed by atoms with Gasteiger partial charge in [0.2, 0.25) is 0 Å². The van der Waals surface area contributed by atoms with Crippen LogP contribution in [0.25, 0.3) is 11.0 Å². The topological polar surface area (TPSA) is 339 Å². The molecule has 0 radical (unpaired) electrons. The third-order valence-corrected chi connectivity index (χ3v) is 27.7. The Hall–Kier alpha value is -12.6. The first-order chi connectivity index (χ1) is 61.5. The van der Waals surface area contributed by atoms with Gasteiger partial charge in [-0.05, 0) is 234 Å². The first-order valence-electron chi connectivity index (χ1n) is 43.0. The summed E-state index contributed by atoms with van der Waals surface area (Å²) < 4.78 is 55.3. The number of ether oxygens (including phenoxy) is 10. The number of halogens is 1. The van der Waals surface area contributed by atoms with E-state index in [2.05, 4.69) is 76.9 Å². The SMILES string of the molecule is COc1ccc2c(c1OC)CN1CCc3cc(N)c(N)cc3C1C2.COc1ccc2c(c1OC)CN1CCc3cc([N+](=O)[O-])c(C)cc3C1C2.COc1ccc2c(c1OC)CN1CCc3cc([N+](=O)[O-])c(C)cc3C1C2.COc1ccc2c(c1OC)CN1CCc3cc([N+](=O)[O-])c(O)cc3C1C2.COc1ccc2c(c1OC)CN1CCc3cc4[nH]cnc4cc3C1C2.Cl. The van der Waals surface area contributed by atoms with E-state index in [1.807, 2.05) is 68.4 Å². The minimum Gasteiger partial charge on any atom is -0.502 e. The summed E-state index contributed by atoms with van der Waals surface area (Å²) in [6, 6.07) is 41.1. The number of phenols is 1. The molecule has 670 valence electrons. The minimum absolute atomic E-state index is 0. The first-order valence-corrected chi connectivity index (χ1v) is 43.0. The van der Waals surface area contributed by atoms with E-state index >= 15 is 0 Å². The average Bonchev–Trinajstić information content (AvgIpc) is 1.44. The summed E-state index contributed by atoms with van der Waals surface area (Å²) in [5.74, 6) is 7.71. The molecule has 5 atom stereocenters. The zero-order valence-electron chi connectivity index (χ0n) is 74.2. The summed E-state index contributed by atoms with van der Waals surface area (Å²) in [7, 11) is 16.8. The van der Waals surface area contributed by atoms with E-state index in [4.69, 9.17) is 58.8 Å². The number of phenolic OH excluding ortho intramolecular Hbond substituents is 1. The summed E-state index contributed by atoms with van der Waals surface area (Å²) in [6.07, 6.45) is 10.7. The Morgan fingerprint density at radius 2 is 0.617 bits per heavy atom. The number of aryl methyl sites for hydroxylation is 2. The zero-order valence-corrected chi connectivity index (χ0v) is 75.0. The molecular weight excluding hydrogens is 1650 g/mol. The second kappa shape index (κ2) is 37.0. The number of H-pyrrole nitrogens is 1. The van der Waals surface area contributed by atoms with Gasteiger partial charge >= 0.3 is 5.69 Å². The molecule has 0 spiro atoms. The summed E-state index contributed by atoms with van der Waals surface area (Å²) in [5, 5.41) is 43.7. The van der Waals surface area contributed by atoms with Crippen molar-refractivity contribution in [3.8, 4) is 63.2 Å². The van der Waals surface area contributed by atoms with E-state index in [9.17, 15) is 35.4 Å². The lowest BCUT2D eigenvalue weighted by Gasteiger charge is -2.42. The first kappa shape index (κ1) is 88.8. The Morgan fingerprint density at radius 3 is 0.914 bits per heavy atom. The lowest BCUT2D eigenvalue weighted by Crippen LogP contribution is -2.39. The lowest BCUT2D eigenvalue weighted by atomic mass is 9.83. The number of imidazole rings is 1. The predicted octanol–water partition coefficient (Wildman–Crippen LogP) is 16.3. The summed E-state index contributed by atoms with van der Waals surface area (Å²) in [6.45, 7) is 12.4. The Morgan fingerprint density at radius 1 is 0.352 bits per heavy atom. The Balaban J connectivity index is 0.000000117. The number of fused-ring (bicyclic) bond motifs is 21. The highest BCUT2D eigenvalue weighted by Crippen LogP contribution is 2.52. The van der Waals surface area contributed by atoms with Crippen LogP contribution in [0.5, 0.6) is 63.2 Å². The molecule has 128 heavy (non-hydrogen) atoms. The Kier molecular flexibility index (Phi) is 25.6. The standard InChI is InChI=1S/C20H21N3O2.2C20H22N2O4.C19H23N3O2.C19H20N2O5.ClH/c1-24-19-4-3-12-8-18-14-9-17-16(21-11-22-17)7-13(14)5-6-23(18)10-15(12)20(19)25-2;2*1-12-8-15-14(9-17(12)22(23)24)6-7-21-11-16-13(10-18(15)21)4-5-19(25-2)20(16)26-3;1-23-18-4-3-11-8-17-13-9-16(21)15(20)7-12(13)5-6-22(17)10-14(11)19(18)24-2;1-25-18-4-3-11-7-15-13-9-17(22)16(21(23)24)8-12(13)5-6-20(15)10-14(11)19(18)26-2;/h3-4,7,9,11,18H,5-6,8,10H2,1-2H3,(H,21,22);2*4-5,8-9,18H,6-7,10-11H2,1-3H3;3-4,7,9,17H,5-6,8,10,20-21H2,1-2H3;3-4,8-9,15,22H,5-7,10H2,1-2H3;1H. The molecule has 1 aromatic heterocycles. The number of rotatable bonds is 13. The number of methoxy groups -OCH3 is 10. The van der Waals surface area contributed by atoms with Gasteiger partial charge in [-0.15, -0.1) is 12.4 Å². The molecule has 5 unspecified atom stereocenters. The van der Waals surface area contributed by atoms with Crippen LogP contribution in [-0.4, -0.2) is 158 Å². The number of aromatic amines is 1. The van der Waals surface area contributed by atoms with Crippen LogP contribution >= 0.6 is 12.4 Å². The fourth-order valence-corrected chi connectivity index (χ4v) is 21.3. The fraction of sp³-hybridized carbons (Fsp3) is 0.378. The van der Waals surface area contributed by atoms with E-state index in [0.717, 1.165) is 231 Å². The highest BCUT2D eigenvalue weighted by atomic mass is 35.5. The molecule has 10 aliphatic rings. The van der Waals surface area contributed by atoms with E-state index < -0.39 is 4.92 Å². The van der Waals surface area contributed by atoms with Crippen LogP contribution in [-0.2, 0) is 96.9 Å². The van der Waals surface area contributed by atoms with Crippen molar-refractivity contribution < 1.29 is 67.2 Å². The van der Waals surface area contributed by atoms with Crippen molar-refractivity contribution in [3.05, 3.63) is 280 Å². The van der Waals surface area contributed by atoms with Crippen molar-refractivity contribution in [3.63, 3.8) is 0 Å². The van der Waals surface area contributed by atoms with E-state index in [1.54, 1.807) is 95.6 Å². The van der Waals surface area contributed by atoms with Gasteiger partial charge in [-0.3, -0.25) is 54.8 Å².